The van der Waals surface area contributed by atoms with Crippen molar-refractivity contribution < 1.29 is 4.57 Å². The molecule has 0 radical (unpaired) electrons. The number of rotatable bonds is 4. The number of benzene rings is 11. The molecule has 0 atom stereocenters. The average molecular weight is 750 g/mol. The molecule has 1 N–H and O–H groups in total. The van der Waals surface area contributed by atoms with Crippen molar-refractivity contribution in [3.05, 3.63) is 188 Å². The number of hydrogen-bond donors (Lipinski definition) is 1. The normalized spacial score (nSPS) is 12.2. The van der Waals surface area contributed by atoms with Crippen LogP contribution in [0.25, 0.3) is 131 Å². The monoisotopic (exact) mass is 749 g/mol. The summed E-state index contributed by atoms with van der Waals surface area (Å²) in [4.78, 5) is 3.70. The maximum atomic E-state index is 3.70. The van der Waals surface area contributed by atoms with Gasteiger partial charge in [-0.1, -0.05) is 158 Å². The number of imidazole rings is 1. The molecule has 1 heterocycles. The van der Waals surface area contributed by atoms with E-state index in [1.807, 2.05) is 0 Å². The number of hydrogen-bond acceptors (Lipinski definition) is 0. The maximum absolute atomic E-state index is 3.70. The van der Waals surface area contributed by atoms with E-state index in [1.54, 1.807) is 0 Å². The van der Waals surface area contributed by atoms with Crippen molar-refractivity contribution in [1.29, 1.82) is 0 Å². The number of fused-ring (bicyclic) bond motifs is 5. The van der Waals surface area contributed by atoms with Crippen LogP contribution >= 0.6 is 0 Å². The summed E-state index contributed by atoms with van der Waals surface area (Å²) < 4.78 is 2.37. The van der Waals surface area contributed by atoms with Crippen LogP contribution in [0.4, 0.5) is 0 Å². The highest BCUT2D eigenvalue weighted by Crippen LogP contribution is 2.49. The van der Waals surface area contributed by atoms with Gasteiger partial charge in [0.1, 0.15) is 0 Å². The minimum atomic E-state index is 0.892. The number of nitrogens with zero attached hydrogens (tertiary/aromatic N) is 1. The first-order valence-electron chi connectivity index (χ1n) is 20.7. The molecule has 12 aromatic carbocycles. The fraction of sp³-hybridized carbons (Fsp3) is 0.0351. The molecule has 0 aliphatic rings. The van der Waals surface area contributed by atoms with Crippen LogP contribution in [-0.4, -0.2) is 4.98 Å². The van der Waals surface area contributed by atoms with E-state index in [-0.39, 0.29) is 0 Å². The van der Waals surface area contributed by atoms with Gasteiger partial charge in [-0.05, 0) is 146 Å². The molecule has 1 aromatic heterocycles. The largest absolute Gasteiger partial charge is 0.287 e. The van der Waals surface area contributed by atoms with Crippen LogP contribution in [0.5, 0.6) is 0 Å². The summed E-state index contributed by atoms with van der Waals surface area (Å²) in [5.41, 5.74) is 8.59. The van der Waals surface area contributed by atoms with Crippen LogP contribution in [0.1, 0.15) is 6.92 Å². The van der Waals surface area contributed by atoms with Crippen LogP contribution in [-0.2, 0) is 6.54 Å². The molecule has 0 saturated heterocycles. The predicted octanol–water partition coefficient (Wildman–Crippen LogP) is 15.1. The minimum absolute atomic E-state index is 0.892. The zero-order chi connectivity index (χ0) is 38.8. The summed E-state index contributed by atoms with van der Waals surface area (Å²) in [7, 11) is 0. The highest BCUT2D eigenvalue weighted by atomic mass is 15.1. The first-order valence-corrected chi connectivity index (χ1v) is 20.7. The second-order valence-corrected chi connectivity index (χ2v) is 16.1. The molecule has 0 bridgehead atoms. The number of nitrogens with one attached hydrogen (secondary N) is 1. The highest BCUT2D eigenvalue weighted by molar-refractivity contribution is 6.39. The standard InChI is InChI=1S/C57H36N2/c1-2-59-50-26-8-7-25-49(50)58-57(59)37-31-29-36(30-32-37)51-39-16-3-5-18-44(39)55(45-19-6-4-17-40(45)51)48-33-38-15-11-22-42-41-20-9-13-34-27-28-35-14-10-21-43(53(35)52(34)41)46-23-12-24-47(48)56(46)54(38)42/h3-33H,2H2,1H3/p+1. The van der Waals surface area contributed by atoms with E-state index in [0.29, 0.717) is 0 Å². The summed E-state index contributed by atoms with van der Waals surface area (Å²) in [5.74, 6) is 1.13. The Labute approximate surface area is 340 Å². The van der Waals surface area contributed by atoms with Gasteiger partial charge >= 0.3 is 0 Å². The molecule has 13 aromatic rings. The number of aromatic amines is 1. The second-order valence-electron chi connectivity index (χ2n) is 16.1. The van der Waals surface area contributed by atoms with Gasteiger partial charge in [-0.15, -0.1) is 0 Å². The zero-order valence-corrected chi connectivity index (χ0v) is 32.6. The summed E-state index contributed by atoms with van der Waals surface area (Å²) in [6.07, 6.45) is 0. The molecular formula is C57H37N2+. The van der Waals surface area contributed by atoms with Crippen molar-refractivity contribution in [3.8, 4) is 33.6 Å². The van der Waals surface area contributed by atoms with Gasteiger partial charge < -0.3 is 0 Å². The molecule has 59 heavy (non-hydrogen) atoms. The Morgan fingerprint density at radius 3 is 1.44 bits per heavy atom. The van der Waals surface area contributed by atoms with E-state index in [4.69, 9.17) is 0 Å². The van der Waals surface area contributed by atoms with E-state index >= 15 is 0 Å². The van der Waals surface area contributed by atoms with Gasteiger partial charge in [0.05, 0.1) is 12.1 Å². The third-order valence-electron chi connectivity index (χ3n) is 13.1. The lowest BCUT2D eigenvalue weighted by Gasteiger charge is -2.21. The van der Waals surface area contributed by atoms with Crippen molar-refractivity contribution in [2.45, 2.75) is 13.5 Å². The molecule has 0 saturated carbocycles. The Balaban J connectivity index is 1.12. The fourth-order valence-corrected chi connectivity index (χ4v) is 10.7. The molecule has 0 aliphatic carbocycles. The van der Waals surface area contributed by atoms with Gasteiger partial charge in [-0.2, -0.15) is 0 Å². The molecule has 0 unspecified atom stereocenters. The second kappa shape index (κ2) is 12.2. The van der Waals surface area contributed by atoms with Crippen LogP contribution in [0, 0.1) is 0 Å². The molecule has 0 amide bonds. The molecule has 274 valence electrons. The molecular weight excluding hydrogens is 713 g/mol. The SMILES string of the molecule is CC[n+]1c(-c2ccc(-c3c4ccccc4c(-c4cc5cccc6c7cccc8ccc9cccc(c%10cccc4c%10c56)c9c87)c4ccccc34)cc2)[nH]c2ccccc21. The third-order valence-corrected chi connectivity index (χ3v) is 13.1. The quantitative estimate of drug-likeness (QED) is 0.105. The maximum Gasteiger partial charge on any atom is 0.287 e. The van der Waals surface area contributed by atoms with Gasteiger partial charge in [0, 0.05) is 0 Å². The Morgan fingerprint density at radius 2 is 0.831 bits per heavy atom. The van der Waals surface area contributed by atoms with Gasteiger partial charge in [0.2, 0.25) is 0 Å². The lowest BCUT2D eigenvalue weighted by Crippen LogP contribution is -2.33. The minimum Gasteiger partial charge on any atom is -0.236 e. The molecule has 0 fully saturated rings. The first-order chi connectivity index (χ1) is 29.2. The van der Waals surface area contributed by atoms with Gasteiger partial charge in [0.25, 0.3) is 5.82 Å². The smallest absolute Gasteiger partial charge is 0.236 e. The van der Waals surface area contributed by atoms with E-state index in [1.165, 1.54) is 120 Å². The van der Waals surface area contributed by atoms with Crippen molar-refractivity contribution in [2.75, 3.05) is 0 Å². The number of para-hydroxylation sites is 2. The molecule has 0 aliphatic heterocycles. The van der Waals surface area contributed by atoms with Crippen molar-refractivity contribution in [3.63, 3.8) is 0 Å². The van der Waals surface area contributed by atoms with E-state index in [0.717, 1.165) is 17.9 Å². The van der Waals surface area contributed by atoms with Crippen molar-refractivity contribution in [2.24, 2.45) is 0 Å². The van der Waals surface area contributed by atoms with Crippen molar-refractivity contribution >= 4 is 97.2 Å². The lowest BCUT2D eigenvalue weighted by molar-refractivity contribution is -0.656. The molecule has 0 spiro atoms. The number of aromatic nitrogens is 2. The number of H-pyrrole nitrogens is 1. The van der Waals surface area contributed by atoms with Crippen LogP contribution < -0.4 is 4.57 Å². The molecule has 13 rings (SSSR count). The van der Waals surface area contributed by atoms with Gasteiger partial charge in [-0.25, -0.2) is 9.55 Å². The van der Waals surface area contributed by atoms with E-state index < -0.39 is 0 Å². The highest BCUT2D eigenvalue weighted by Gasteiger charge is 2.23. The van der Waals surface area contributed by atoms with Crippen LogP contribution in [0.15, 0.2) is 188 Å². The predicted molar refractivity (Wildman–Crippen MR) is 252 cm³/mol. The van der Waals surface area contributed by atoms with Crippen LogP contribution in [0.2, 0.25) is 0 Å². The first kappa shape index (κ1) is 32.5. The average Bonchev–Trinajstić information content (AvgIpc) is 3.68. The Kier molecular flexibility index (Phi) is 6.74. The van der Waals surface area contributed by atoms with Crippen LogP contribution in [0.3, 0.4) is 0 Å². The third kappa shape index (κ3) is 4.49. The van der Waals surface area contributed by atoms with Gasteiger partial charge in [-0.3, -0.25) is 0 Å². The lowest BCUT2D eigenvalue weighted by atomic mass is 9.82. The fourth-order valence-electron chi connectivity index (χ4n) is 10.7. The van der Waals surface area contributed by atoms with Gasteiger partial charge in [0.15, 0.2) is 11.0 Å². The number of aryl methyl sites for hydroxylation is 1. The topological polar surface area (TPSA) is 19.7 Å². The Bertz CT molecular complexity index is 3810. The van der Waals surface area contributed by atoms with E-state index in [2.05, 4.69) is 205 Å². The molecule has 2 nitrogen and oxygen atoms in total. The summed E-state index contributed by atoms with van der Waals surface area (Å²) >= 11 is 0. The summed E-state index contributed by atoms with van der Waals surface area (Å²) in [5, 5.41) is 20.6. The Morgan fingerprint density at radius 1 is 0.373 bits per heavy atom. The van der Waals surface area contributed by atoms with Crippen molar-refractivity contribution in [1.82, 2.24) is 4.98 Å². The zero-order valence-electron chi connectivity index (χ0n) is 32.6. The summed E-state index contributed by atoms with van der Waals surface area (Å²) in [6.45, 7) is 3.11. The van der Waals surface area contributed by atoms with E-state index in [9.17, 15) is 0 Å². The summed E-state index contributed by atoms with van der Waals surface area (Å²) in [6, 6.07) is 70.5. The Hall–Kier alpha value is -7.55. The molecule has 2 heteroatoms.